The van der Waals surface area contributed by atoms with Gasteiger partial charge in [-0.1, -0.05) is 23.2 Å². The molecule has 27 heavy (non-hydrogen) atoms. The predicted molar refractivity (Wildman–Crippen MR) is 105 cm³/mol. The van der Waals surface area contributed by atoms with Crippen LogP contribution in [0.1, 0.15) is 23.2 Å². The van der Waals surface area contributed by atoms with Crippen molar-refractivity contribution in [2.45, 2.75) is 23.8 Å². The average molecular weight is 429 g/mol. The van der Waals surface area contributed by atoms with Crippen molar-refractivity contribution < 1.29 is 17.9 Å². The van der Waals surface area contributed by atoms with Gasteiger partial charge < -0.3 is 10.1 Å². The largest absolute Gasteiger partial charge is 0.377 e. The van der Waals surface area contributed by atoms with Gasteiger partial charge in [0.25, 0.3) is 5.91 Å². The molecular weight excluding hydrogens is 411 g/mol. The third kappa shape index (κ3) is 5.21. The maximum absolute atomic E-state index is 12.3. The van der Waals surface area contributed by atoms with Gasteiger partial charge in [0.1, 0.15) is 0 Å². The first-order valence-corrected chi connectivity index (χ1v) is 10.6. The molecule has 1 saturated heterocycles. The fourth-order valence-electron chi connectivity index (χ4n) is 2.65. The first-order chi connectivity index (χ1) is 12.8. The Bertz CT molecular complexity index is 927. The summed E-state index contributed by atoms with van der Waals surface area (Å²) >= 11 is 11.8. The van der Waals surface area contributed by atoms with Crippen LogP contribution in [0.4, 0.5) is 5.69 Å². The van der Waals surface area contributed by atoms with Gasteiger partial charge in [-0.25, -0.2) is 13.1 Å². The molecule has 1 atom stereocenters. The van der Waals surface area contributed by atoms with E-state index in [9.17, 15) is 13.2 Å². The predicted octanol–water partition coefficient (Wildman–Crippen LogP) is 3.70. The van der Waals surface area contributed by atoms with E-state index in [1.807, 2.05) is 0 Å². The van der Waals surface area contributed by atoms with E-state index in [1.54, 1.807) is 12.1 Å². The van der Waals surface area contributed by atoms with E-state index in [0.717, 1.165) is 12.8 Å². The Kier molecular flexibility index (Phi) is 6.39. The number of halogens is 2. The van der Waals surface area contributed by atoms with E-state index in [2.05, 4.69) is 10.0 Å². The molecule has 2 aromatic rings. The molecule has 1 aliphatic rings. The fourth-order valence-corrected chi connectivity index (χ4v) is 4.02. The van der Waals surface area contributed by atoms with Crippen molar-refractivity contribution in [1.82, 2.24) is 4.72 Å². The van der Waals surface area contributed by atoms with Crippen molar-refractivity contribution in [3.63, 3.8) is 0 Å². The summed E-state index contributed by atoms with van der Waals surface area (Å²) < 4.78 is 32.6. The molecule has 144 valence electrons. The van der Waals surface area contributed by atoms with Crippen molar-refractivity contribution in [2.24, 2.45) is 0 Å². The first-order valence-electron chi connectivity index (χ1n) is 8.33. The normalized spacial score (nSPS) is 17.0. The Balaban J connectivity index is 1.64. The van der Waals surface area contributed by atoms with Crippen LogP contribution < -0.4 is 10.0 Å². The van der Waals surface area contributed by atoms with Crippen LogP contribution in [0.3, 0.4) is 0 Å². The monoisotopic (exact) mass is 428 g/mol. The number of rotatable bonds is 6. The molecule has 3 rings (SSSR count). The highest BCUT2D eigenvalue weighted by Crippen LogP contribution is 2.25. The van der Waals surface area contributed by atoms with E-state index in [1.165, 1.54) is 30.3 Å². The molecule has 6 nitrogen and oxygen atoms in total. The van der Waals surface area contributed by atoms with Crippen LogP contribution in [0, 0.1) is 0 Å². The lowest BCUT2D eigenvalue weighted by Gasteiger charge is -2.12. The molecule has 0 aromatic heterocycles. The summed E-state index contributed by atoms with van der Waals surface area (Å²) in [6.45, 7) is 0.900. The molecule has 1 fully saturated rings. The molecule has 1 amide bonds. The van der Waals surface area contributed by atoms with Crippen molar-refractivity contribution in [1.29, 1.82) is 0 Å². The Hall–Kier alpha value is -1.64. The van der Waals surface area contributed by atoms with E-state index < -0.39 is 10.0 Å². The van der Waals surface area contributed by atoms with E-state index in [4.69, 9.17) is 27.9 Å². The lowest BCUT2D eigenvalue weighted by molar-refractivity contribution is 0.102. The number of hydrogen-bond donors (Lipinski definition) is 2. The van der Waals surface area contributed by atoms with Gasteiger partial charge in [-0.2, -0.15) is 0 Å². The number of nitrogens with one attached hydrogen (secondary N) is 2. The van der Waals surface area contributed by atoms with Gasteiger partial charge in [-0.15, -0.1) is 0 Å². The Morgan fingerprint density at radius 2 is 1.85 bits per heavy atom. The molecule has 1 heterocycles. The molecule has 0 unspecified atom stereocenters. The summed E-state index contributed by atoms with van der Waals surface area (Å²) in [4.78, 5) is 12.4. The number of carbonyl (C=O) groups excluding carboxylic acids is 1. The molecule has 0 bridgehead atoms. The highest BCUT2D eigenvalue weighted by molar-refractivity contribution is 7.89. The summed E-state index contributed by atoms with van der Waals surface area (Å²) in [5.41, 5.74) is 0.809. The number of ether oxygens (including phenoxy) is 1. The van der Waals surface area contributed by atoms with E-state index in [0.29, 0.717) is 27.9 Å². The van der Waals surface area contributed by atoms with Gasteiger partial charge in [-0.05, 0) is 55.3 Å². The highest BCUT2D eigenvalue weighted by atomic mass is 35.5. The molecule has 9 heteroatoms. The minimum Gasteiger partial charge on any atom is -0.377 e. The van der Waals surface area contributed by atoms with E-state index >= 15 is 0 Å². The van der Waals surface area contributed by atoms with Crippen LogP contribution in [0.15, 0.2) is 47.4 Å². The van der Waals surface area contributed by atoms with Gasteiger partial charge in [0, 0.05) is 24.4 Å². The minimum atomic E-state index is -3.65. The maximum Gasteiger partial charge on any atom is 0.255 e. The van der Waals surface area contributed by atoms with Crippen molar-refractivity contribution in [3.8, 4) is 0 Å². The quantitative estimate of drug-likeness (QED) is 0.734. The van der Waals surface area contributed by atoms with Crippen LogP contribution in [-0.4, -0.2) is 33.6 Å². The van der Waals surface area contributed by atoms with Crippen LogP contribution in [0.25, 0.3) is 0 Å². The van der Waals surface area contributed by atoms with E-state index in [-0.39, 0.29) is 23.5 Å². The number of benzene rings is 2. The zero-order chi connectivity index (χ0) is 19.4. The number of sulfonamides is 1. The molecule has 0 radical (unpaired) electrons. The molecule has 2 aromatic carbocycles. The maximum atomic E-state index is 12.3. The average Bonchev–Trinajstić information content (AvgIpc) is 3.17. The van der Waals surface area contributed by atoms with Gasteiger partial charge in [0.05, 0.1) is 21.0 Å². The second kappa shape index (κ2) is 8.58. The zero-order valence-corrected chi connectivity index (χ0v) is 16.6. The number of anilines is 1. The Morgan fingerprint density at radius 1 is 1.11 bits per heavy atom. The second-order valence-corrected chi connectivity index (χ2v) is 8.68. The molecule has 0 spiro atoms. The summed E-state index contributed by atoms with van der Waals surface area (Å²) in [6, 6.07) is 10.4. The third-order valence-corrected chi connectivity index (χ3v) is 6.31. The smallest absolute Gasteiger partial charge is 0.255 e. The van der Waals surface area contributed by atoms with Crippen molar-refractivity contribution in [2.75, 3.05) is 18.5 Å². The summed E-state index contributed by atoms with van der Waals surface area (Å²) in [5, 5.41) is 3.40. The SMILES string of the molecule is O=C(Nc1ccc(Cl)c(Cl)c1)c1ccc(S(=O)(=O)NC[C@H]2CCCO2)cc1. The zero-order valence-electron chi connectivity index (χ0n) is 14.2. The number of amides is 1. The fraction of sp³-hybridized carbons (Fsp3) is 0.278. The lowest BCUT2D eigenvalue weighted by Crippen LogP contribution is -2.31. The molecule has 0 aliphatic carbocycles. The Labute approximate surface area is 167 Å². The summed E-state index contributed by atoms with van der Waals surface area (Å²) in [7, 11) is -3.65. The topological polar surface area (TPSA) is 84.5 Å². The van der Waals surface area contributed by atoms with Crippen LogP contribution in [-0.2, 0) is 14.8 Å². The standard InChI is InChI=1S/C18H18Cl2N2O4S/c19-16-8-5-13(10-17(16)20)22-18(23)12-3-6-15(7-4-12)27(24,25)21-11-14-2-1-9-26-14/h3-8,10,14,21H,1-2,9,11H2,(H,22,23)/t14-/m1/s1. The Morgan fingerprint density at radius 3 is 2.48 bits per heavy atom. The minimum absolute atomic E-state index is 0.0870. The van der Waals surface area contributed by atoms with Gasteiger partial charge in [0.2, 0.25) is 10.0 Å². The van der Waals surface area contributed by atoms with Crippen LogP contribution in [0.5, 0.6) is 0 Å². The second-order valence-electron chi connectivity index (χ2n) is 6.09. The summed E-state index contributed by atoms with van der Waals surface area (Å²) in [5.74, 6) is -0.385. The van der Waals surface area contributed by atoms with Gasteiger partial charge >= 0.3 is 0 Å². The van der Waals surface area contributed by atoms with Crippen LogP contribution in [0.2, 0.25) is 10.0 Å². The molecular formula is C18H18Cl2N2O4S. The first kappa shape index (κ1) is 20.1. The number of carbonyl (C=O) groups is 1. The van der Waals surface area contributed by atoms with Gasteiger partial charge in [-0.3, -0.25) is 4.79 Å². The van der Waals surface area contributed by atoms with Crippen LogP contribution >= 0.6 is 23.2 Å². The van der Waals surface area contributed by atoms with Gasteiger partial charge in [0.15, 0.2) is 0 Å². The number of hydrogen-bond acceptors (Lipinski definition) is 4. The summed E-state index contributed by atoms with van der Waals surface area (Å²) in [6.07, 6.45) is 1.70. The molecule has 2 N–H and O–H groups in total. The molecule has 1 aliphatic heterocycles. The lowest BCUT2D eigenvalue weighted by atomic mass is 10.2. The highest BCUT2D eigenvalue weighted by Gasteiger charge is 2.20. The third-order valence-electron chi connectivity index (χ3n) is 4.13. The van der Waals surface area contributed by atoms with Crippen molar-refractivity contribution >= 4 is 44.8 Å². The van der Waals surface area contributed by atoms with Crippen molar-refractivity contribution in [3.05, 3.63) is 58.1 Å². The molecule has 0 saturated carbocycles.